The van der Waals surface area contributed by atoms with Crippen LogP contribution in [0.2, 0.25) is 5.02 Å². The molecule has 0 unspecified atom stereocenters. The predicted molar refractivity (Wildman–Crippen MR) is 70.0 cm³/mol. The zero-order valence-electron chi connectivity index (χ0n) is 9.71. The van der Waals surface area contributed by atoms with Crippen LogP contribution in [0.3, 0.4) is 0 Å². The molecule has 0 spiro atoms. The molecule has 1 aliphatic carbocycles. The lowest BCUT2D eigenvalue weighted by atomic mass is 9.97. The maximum Gasteiger partial charge on any atom is 0.130 e. The third-order valence-corrected chi connectivity index (χ3v) is 3.31. The van der Waals surface area contributed by atoms with Crippen molar-refractivity contribution >= 4 is 17.4 Å². The van der Waals surface area contributed by atoms with Gasteiger partial charge >= 0.3 is 0 Å². The molecule has 0 amide bonds. The highest BCUT2D eigenvalue weighted by atomic mass is 35.5. The Hall–Kier alpha value is -1.22. The molecule has 1 aromatic carbocycles. The van der Waals surface area contributed by atoms with Crippen molar-refractivity contribution in [2.24, 2.45) is 5.73 Å². The summed E-state index contributed by atoms with van der Waals surface area (Å²) in [5.74, 6) is 0.673. The highest BCUT2D eigenvalue weighted by Crippen LogP contribution is 2.27. The van der Waals surface area contributed by atoms with Crippen LogP contribution in [0.15, 0.2) is 18.2 Å². The van der Waals surface area contributed by atoms with Crippen molar-refractivity contribution in [2.45, 2.75) is 38.2 Å². The molecule has 0 saturated heterocycles. The van der Waals surface area contributed by atoms with E-state index in [2.05, 4.69) is 0 Å². The molecule has 0 aromatic heterocycles. The Morgan fingerprint density at radius 3 is 2.65 bits per heavy atom. The predicted octanol–water partition coefficient (Wildman–Crippen LogP) is 3.34. The summed E-state index contributed by atoms with van der Waals surface area (Å²) in [5, 5.41) is 8.10. The van der Waals surface area contributed by atoms with Gasteiger partial charge in [0.05, 0.1) is 11.7 Å². The average molecular weight is 253 g/mol. The summed E-state index contributed by atoms with van der Waals surface area (Å²) in [4.78, 5) is 0. The first-order valence-corrected chi connectivity index (χ1v) is 6.35. The highest BCUT2D eigenvalue weighted by Gasteiger charge is 2.17. The maximum absolute atomic E-state index is 7.53. The Morgan fingerprint density at radius 2 is 2.00 bits per heavy atom. The molecule has 0 radical (unpaired) electrons. The van der Waals surface area contributed by atoms with Gasteiger partial charge < -0.3 is 10.5 Å². The molecule has 1 fully saturated rings. The first-order chi connectivity index (χ1) is 8.16. The van der Waals surface area contributed by atoms with Crippen molar-refractivity contribution in [3.8, 4) is 5.75 Å². The minimum atomic E-state index is -0.00157. The number of nitrogen functional groups attached to an aromatic ring is 1. The van der Waals surface area contributed by atoms with Crippen LogP contribution in [0.25, 0.3) is 0 Å². The SMILES string of the molecule is N=C(N)c1cc(Cl)ccc1OC1CCCCC1. The van der Waals surface area contributed by atoms with Crippen LogP contribution < -0.4 is 10.5 Å². The van der Waals surface area contributed by atoms with Gasteiger partial charge in [-0.1, -0.05) is 18.0 Å². The highest BCUT2D eigenvalue weighted by molar-refractivity contribution is 6.31. The lowest BCUT2D eigenvalue weighted by Gasteiger charge is -2.24. The van der Waals surface area contributed by atoms with E-state index in [1.54, 1.807) is 18.2 Å². The van der Waals surface area contributed by atoms with E-state index in [0.29, 0.717) is 16.3 Å². The number of benzene rings is 1. The molecule has 3 nitrogen and oxygen atoms in total. The third kappa shape index (κ3) is 3.13. The van der Waals surface area contributed by atoms with E-state index in [4.69, 9.17) is 27.5 Å². The number of hydrogen-bond donors (Lipinski definition) is 2. The van der Waals surface area contributed by atoms with Crippen molar-refractivity contribution in [1.29, 1.82) is 5.41 Å². The number of nitrogens with two attached hydrogens (primary N) is 1. The molecular weight excluding hydrogens is 236 g/mol. The molecule has 3 N–H and O–H groups in total. The number of hydrogen-bond acceptors (Lipinski definition) is 2. The molecule has 92 valence electrons. The van der Waals surface area contributed by atoms with Gasteiger partial charge in [0, 0.05) is 5.02 Å². The lowest BCUT2D eigenvalue weighted by Crippen LogP contribution is -2.22. The largest absolute Gasteiger partial charge is 0.490 e. The van der Waals surface area contributed by atoms with Crippen LogP contribution >= 0.6 is 11.6 Å². The summed E-state index contributed by atoms with van der Waals surface area (Å²) in [6.07, 6.45) is 6.14. The topological polar surface area (TPSA) is 59.1 Å². The fourth-order valence-electron chi connectivity index (χ4n) is 2.18. The van der Waals surface area contributed by atoms with Crippen molar-refractivity contribution in [3.63, 3.8) is 0 Å². The number of rotatable bonds is 3. The molecule has 0 atom stereocenters. The maximum atomic E-state index is 7.53. The number of halogens is 1. The minimum absolute atomic E-state index is 0.00157. The standard InChI is InChI=1S/C13H17ClN2O/c14-9-6-7-12(11(8-9)13(15)16)17-10-4-2-1-3-5-10/h6-8,10H,1-5H2,(H3,15,16). The molecule has 4 heteroatoms. The van der Waals surface area contributed by atoms with Gasteiger partial charge in [-0.05, 0) is 43.9 Å². The van der Waals surface area contributed by atoms with E-state index in [-0.39, 0.29) is 11.9 Å². The molecule has 2 rings (SSSR count). The van der Waals surface area contributed by atoms with E-state index < -0.39 is 0 Å². The van der Waals surface area contributed by atoms with Gasteiger partial charge in [-0.3, -0.25) is 5.41 Å². The molecule has 1 aliphatic rings. The van der Waals surface area contributed by atoms with Crippen LogP contribution in [0.5, 0.6) is 5.75 Å². The summed E-state index contributed by atoms with van der Waals surface area (Å²) in [7, 11) is 0. The summed E-state index contributed by atoms with van der Waals surface area (Å²) >= 11 is 5.90. The van der Waals surface area contributed by atoms with Crippen molar-refractivity contribution in [3.05, 3.63) is 28.8 Å². The average Bonchev–Trinajstić information content (AvgIpc) is 2.32. The minimum Gasteiger partial charge on any atom is -0.490 e. The van der Waals surface area contributed by atoms with Crippen molar-refractivity contribution in [1.82, 2.24) is 0 Å². The Labute approximate surface area is 106 Å². The quantitative estimate of drug-likeness (QED) is 0.640. The first-order valence-electron chi connectivity index (χ1n) is 5.97. The monoisotopic (exact) mass is 252 g/mol. The molecule has 0 bridgehead atoms. The second-order valence-electron chi connectivity index (χ2n) is 4.43. The van der Waals surface area contributed by atoms with Crippen molar-refractivity contribution < 1.29 is 4.74 Å². The molecular formula is C13H17ClN2O. The Morgan fingerprint density at radius 1 is 1.29 bits per heavy atom. The number of nitrogens with one attached hydrogen (secondary N) is 1. The Balaban J connectivity index is 2.16. The van der Waals surface area contributed by atoms with E-state index in [1.807, 2.05) is 0 Å². The first kappa shape index (κ1) is 12.2. The normalized spacial score (nSPS) is 16.8. The summed E-state index contributed by atoms with van der Waals surface area (Å²) in [6, 6.07) is 5.25. The second-order valence-corrected chi connectivity index (χ2v) is 4.87. The van der Waals surface area contributed by atoms with E-state index in [0.717, 1.165) is 12.8 Å². The second kappa shape index (κ2) is 5.41. The van der Waals surface area contributed by atoms with Crippen LogP contribution in [-0.4, -0.2) is 11.9 Å². The van der Waals surface area contributed by atoms with Crippen LogP contribution in [0, 0.1) is 5.41 Å². The summed E-state index contributed by atoms with van der Waals surface area (Å²) in [6.45, 7) is 0. The van der Waals surface area contributed by atoms with Gasteiger partial charge in [0.25, 0.3) is 0 Å². The van der Waals surface area contributed by atoms with E-state index >= 15 is 0 Å². The summed E-state index contributed by atoms with van der Waals surface area (Å²) in [5.41, 5.74) is 6.12. The number of amidine groups is 1. The van der Waals surface area contributed by atoms with Gasteiger partial charge in [0.2, 0.25) is 0 Å². The van der Waals surface area contributed by atoms with Crippen molar-refractivity contribution in [2.75, 3.05) is 0 Å². The zero-order valence-corrected chi connectivity index (χ0v) is 10.5. The van der Waals surface area contributed by atoms with Crippen LogP contribution in [-0.2, 0) is 0 Å². The fourth-order valence-corrected chi connectivity index (χ4v) is 2.35. The van der Waals surface area contributed by atoms with Crippen LogP contribution in [0.1, 0.15) is 37.7 Å². The molecule has 0 heterocycles. The van der Waals surface area contributed by atoms with Gasteiger partial charge in [-0.25, -0.2) is 0 Å². The Kier molecular flexibility index (Phi) is 3.89. The molecule has 1 saturated carbocycles. The van der Waals surface area contributed by atoms with Crippen LogP contribution in [0.4, 0.5) is 0 Å². The lowest BCUT2D eigenvalue weighted by molar-refractivity contribution is 0.154. The fraction of sp³-hybridized carbons (Fsp3) is 0.462. The van der Waals surface area contributed by atoms with Gasteiger partial charge in [0.1, 0.15) is 11.6 Å². The van der Waals surface area contributed by atoms with E-state index in [1.165, 1.54) is 19.3 Å². The van der Waals surface area contributed by atoms with Gasteiger partial charge in [0.15, 0.2) is 0 Å². The van der Waals surface area contributed by atoms with E-state index in [9.17, 15) is 0 Å². The molecule has 17 heavy (non-hydrogen) atoms. The number of ether oxygens (including phenoxy) is 1. The smallest absolute Gasteiger partial charge is 0.130 e. The van der Waals surface area contributed by atoms with Gasteiger partial charge in [-0.2, -0.15) is 0 Å². The molecule has 0 aliphatic heterocycles. The summed E-state index contributed by atoms with van der Waals surface area (Å²) < 4.78 is 5.92. The molecule has 1 aromatic rings. The Bertz CT molecular complexity index is 414. The zero-order chi connectivity index (χ0) is 12.3. The van der Waals surface area contributed by atoms with Gasteiger partial charge in [-0.15, -0.1) is 0 Å². The third-order valence-electron chi connectivity index (χ3n) is 3.08.